The molecule has 22 heavy (non-hydrogen) atoms. The Hall–Kier alpha value is -2.35. The molecule has 0 aromatic heterocycles. The van der Waals surface area contributed by atoms with Gasteiger partial charge in [0.15, 0.2) is 5.78 Å². The fourth-order valence-corrected chi connectivity index (χ4v) is 2.85. The van der Waals surface area contributed by atoms with Gasteiger partial charge in [0, 0.05) is 16.7 Å². The van der Waals surface area contributed by atoms with Crippen molar-refractivity contribution in [1.82, 2.24) is 0 Å². The molecule has 0 aliphatic heterocycles. The van der Waals surface area contributed by atoms with Crippen molar-refractivity contribution in [2.45, 2.75) is 5.44 Å². The van der Waals surface area contributed by atoms with Crippen molar-refractivity contribution in [1.29, 1.82) is 0 Å². The topological polar surface area (TPSA) is 112 Å². The Morgan fingerprint density at radius 3 is 2.23 bits per heavy atom. The van der Waals surface area contributed by atoms with Gasteiger partial charge in [-0.2, -0.15) is 0 Å². The third-order valence-corrected chi connectivity index (χ3v) is 4.27. The van der Waals surface area contributed by atoms with E-state index in [-0.39, 0.29) is 16.9 Å². The standard InChI is InChI=1S/C15H10O6S/c16-13(15(18)22(19,20)21)8-5-6-10-9-3-1-2-4-11(9)14(17)12(10)7-8/h1-7,15,18H,(H,19,20,21)/p-1. The minimum absolute atomic E-state index is 0.202. The van der Waals surface area contributed by atoms with Gasteiger partial charge in [-0.05, 0) is 17.2 Å². The second-order valence-corrected chi connectivity index (χ2v) is 6.28. The van der Waals surface area contributed by atoms with Crippen LogP contribution in [0.4, 0.5) is 0 Å². The lowest BCUT2D eigenvalue weighted by Gasteiger charge is -2.14. The van der Waals surface area contributed by atoms with Gasteiger partial charge >= 0.3 is 0 Å². The predicted molar refractivity (Wildman–Crippen MR) is 75.3 cm³/mol. The van der Waals surface area contributed by atoms with E-state index in [0.29, 0.717) is 11.1 Å². The largest absolute Gasteiger partial charge is 0.746 e. The predicted octanol–water partition coefficient (Wildman–Crippen LogP) is 0.944. The van der Waals surface area contributed by atoms with Crippen LogP contribution >= 0.6 is 0 Å². The van der Waals surface area contributed by atoms with E-state index < -0.39 is 21.3 Å². The first-order chi connectivity index (χ1) is 10.3. The number of carbonyl (C=O) groups excluding carboxylic acids is 2. The monoisotopic (exact) mass is 317 g/mol. The van der Waals surface area contributed by atoms with E-state index in [2.05, 4.69) is 0 Å². The molecule has 2 aromatic carbocycles. The normalized spacial score (nSPS) is 14.4. The lowest BCUT2D eigenvalue weighted by Crippen LogP contribution is -2.29. The number of fused-ring (bicyclic) bond motifs is 3. The van der Waals surface area contributed by atoms with E-state index in [0.717, 1.165) is 5.56 Å². The fraction of sp³-hybridized carbons (Fsp3) is 0.0667. The molecule has 0 saturated heterocycles. The van der Waals surface area contributed by atoms with Crippen molar-refractivity contribution < 1.29 is 27.7 Å². The molecule has 0 heterocycles. The average molecular weight is 317 g/mol. The van der Waals surface area contributed by atoms with Gasteiger partial charge in [0.05, 0.1) is 0 Å². The molecule has 0 amide bonds. The first-order valence-electron chi connectivity index (χ1n) is 6.26. The number of rotatable bonds is 3. The van der Waals surface area contributed by atoms with E-state index in [9.17, 15) is 27.7 Å². The molecule has 0 saturated carbocycles. The molecule has 1 N–H and O–H groups in total. The minimum Gasteiger partial charge on any atom is -0.746 e. The molecule has 0 radical (unpaired) electrons. The quantitative estimate of drug-likeness (QED) is 0.568. The molecule has 6 nitrogen and oxygen atoms in total. The van der Waals surface area contributed by atoms with Crippen LogP contribution in [0.15, 0.2) is 42.5 Å². The highest BCUT2D eigenvalue weighted by Crippen LogP contribution is 2.36. The second-order valence-electron chi connectivity index (χ2n) is 4.84. The maximum atomic E-state index is 12.3. The van der Waals surface area contributed by atoms with Gasteiger partial charge in [-0.25, -0.2) is 8.42 Å². The summed E-state index contributed by atoms with van der Waals surface area (Å²) in [4.78, 5) is 24.1. The summed E-state index contributed by atoms with van der Waals surface area (Å²) in [5, 5.41) is 9.26. The number of Topliss-reactive ketones (excluding diaryl/α,β-unsaturated/α-hetero) is 1. The highest BCUT2D eigenvalue weighted by molar-refractivity contribution is 7.87. The Labute approximate surface area is 125 Å². The molecule has 1 aliphatic carbocycles. The first-order valence-corrected chi connectivity index (χ1v) is 7.73. The number of aliphatic hydroxyl groups is 1. The first kappa shape index (κ1) is 14.6. The van der Waals surface area contributed by atoms with Crippen LogP contribution in [0.3, 0.4) is 0 Å². The third kappa shape index (κ3) is 2.16. The molecule has 112 valence electrons. The van der Waals surface area contributed by atoms with Crippen LogP contribution in [0.25, 0.3) is 11.1 Å². The lowest BCUT2D eigenvalue weighted by atomic mass is 10.0. The second kappa shape index (κ2) is 4.84. The van der Waals surface area contributed by atoms with Crippen molar-refractivity contribution in [3.63, 3.8) is 0 Å². The Balaban J connectivity index is 2.08. The van der Waals surface area contributed by atoms with Crippen LogP contribution in [0, 0.1) is 0 Å². The van der Waals surface area contributed by atoms with E-state index in [4.69, 9.17) is 0 Å². The summed E-state index contributed by atoms with van der Waals surface area (Å²) in [6.07, 6.45) is 0. The number of benzene rings is 2. The number of ketones is 2. The summed E-state index contributed by atoms with van der Waals surface area (Å²) >= 11 is 0. The van der Waals surface area contributed by atoms with Crippen LogP contribution in [-0.2, 0) is 10.1 Å². The van der Waals surface area contributed by atoms with Gasteiger partial charge in [-0.15, -0.1) is 0 Å². The highest BCUT2D eigenvalue weighted by Gasteiger charge is 2.29. The lowest BCUT2D eigenvalue weighted by molar-refractivity contribution is 0.0847. The van der Waals surface area contributed by atoms with Crippen LogP contribution < -0.4 is 0 Å². The van der Waals surface area contributed by atoms with Crippen molar-refractivity contribution in [2.24, 2.45) is 0 Å². The molecule has 1 unspecified atom stereocenters. The van der Waals surface area contributed by atoms with E-state index >= 15 is 0 Å². The molecule has 0 bridgehead atoms. The number of carbonyl (C=O) groups is 2. The molecule has 0 spiro atoms. The van der Waals surface area contributed by atoms with E-state index in [1.165, 1.54) is 18.2 Å². The fourth-order valence-electron chi connectivity index (χ4n) is 2.45. The van der Waals surface area contributed by atoms with Crippen LogP contribution in [-0.4, -0.2) is 35.1 Å². The summed E-state index contributed by atoms with van der Waals surface area (Å²) in [6, 6.07) is 10.9. The zero-order valence-electron chi connectivity index (χ0n) is 11.0. The number of hydrogen-bond donors (Lipinski definition) is 1. The summed E-state index contributed by atoms with van der Waals surface area (Å²) in [6.45, 7) is 0. The van der Waals surface area contributed by atoms with Crippen molar-refractivity contribution in [3.8, 4) is 11.1 Å². The van der Waals surface area contributed by atoms with Crippen molar-refractivity contribution in [3.05, 3.63) is 59.2 Å². The number of aliphatic hydroxyl groups excluding tert-OH is 1. The molecular formula is C15H9O6S-. The maximum Gasteiger partial charge on any atom is 0.207 e. The Morgan fingerprint density at radius 1 is 1.00 bits per heavy atom. The average Bonchev–Trinajstić information content (AvgIpc) is 2.78. The summed E-state index contributed by atoms with van der Waals surface area (Å²) in [5.74, 6) is -1.54. The Morgan fingerprint density at radius 2 is 1.59 bits per heavy atom. The van der Waals surface area contributed by atoms with Crippen LogP contribution in [0.1, 0.15) is 26.3 Å². The smallest absolute Gasteiger partial charge is 0.207 e. The van der Waals surface area contributed by atoms with Crippen molar-refractivity contribution in [2.75, 3.05) is 0 Å². The van der Waals surface area contributed by atoms with E-state index in [1.807, 2.05) is 0 Å². The number of hydrogen-bond acceptors (Lipinski definition) is 6. The van der Waals surface area contributed by atoms with Gasteiger partial charge in [-0.1, -0.05) is 36.4 Å². The molecule has 2 aromatic rings. The van der Waals surface area contributed by atoms with Gasteiger partial charge in [0.2, 0.25) is 11.2 Å². The minimum atomic E-state index is -5.16. The molecule has 7 heteroatoms. The van der Waals surface area contributed by atoms with Gasteiger partial charge in [0.1, 0.15) is 10.1 Å². The zero-order chi connectivity index (χ0) is 16.1. The molecular weight excluding hydrogens is 308 g/mol. The summed E-state index contributed by atoms with van der Waals surface area (Å²) < 4.78 is 32.2. The highest BCUT2D eigenvalue weighted by atomic mass is 32.2. The molecule has 0 fully saturated rings. The Bertz CT molecular complexity index is 913. The SMILES string of the molecule is O=C1c2ccccc2-c2ccc(C(=O)C(O)S(=O)(=O)[O-])cc21. The maximum absolute atomic E-state index is 12.3. The van der Waals surface area contributed by atoms with Gasteiger partial charge in [-0.3, -0.25) is 9.59 Å². The zero-order valence-corrected chi connectivity index (χ0v) is 11.8. The Kier molecular flexibility index (Phi) is 3.21. The van der Waals surface area contributed by atoms with E-state index in [1.54, 1.807) is 24.3 Å². The molecule has 3 rings (SSSR count). The van der Waals surface area contributed by atoms with Crippen LogP contribution in [0.5, 0.6) is 0 Å². The third-order valence-electron chi connectivity index (χ3n) is 3.51. The van der Waals surface area contributed by atoms with Gasteiger partial charge < -0.3 is 9.66 Å². The van der Waals surface area contributed by atoms with Gasteiger partial charge in [0.25, 0.3) is 0 Å². The van der Waals surface area contributed by atoms with Crippen molar-refractivity contribution >= 4 is 21.7 Å². The summed E-state index contributed by atoms with van der Waals surface area (Å²) in [5.41, 5.74) is -0.812. The summed E-state index contributed by atoms with van der Waals surface area (Å²) in [7, 11) is -5.16. The molecule has 1 atom stereocenters. The molecule has 1 aliphatic rings. The van der Waals surface area contributed by atoms with Crippen LogP contribution in [0.2, 0.25) is 0 Å².